The van der Waals surface area contributed by atoms with Gasteiger partial charge in [0.25, 0.3) is 0 Å². The summed E-state index contributed by atoms with van der Waals surface area (Å²) in [5.74, 6) is 2.27. The second-order valence-electron chi connectivity index (χ2n) is 6.39. The Balaban J connectivity index is 2.09. The molecule has 0 aliphatic carbocycles. The summed E-state index contributed by atoms with van der Waals surface area (Å²) < 4.78 is 12.2. The van der Waals surface area contributed by atoms with E-state index in [0.29, 0.717) is 0 Å². The molecule has 2 nitrogen and oxygen atoms in total. The lowest BCUT2D eigenvalue weighted by Gasteiger charge is -2.32. The lowest BCUT2D eigenvalue weighted by molar-refractivity contribution is 0.00578. The van der Waals surface area contributed by atoms with Gasteiger partial charge >= 0.3 is 7.12 Å². The van der Waals surface area contributed by atoms with Crippen LogP contribution in [-0.4, -0.2) is 24.1 Å². The Bertz CT molecular complexity index is 444. The Labute approximate surface area is 127 Å². The molecule has 1 heterocycles. The van der Waals surface area contributed by atoms with E-state index in [9.17, 15) is 0 Å². The van der Waals surface area contributed by atoms with Gasteiger partial charge in [0, 0.05) is 5.75 Å². The van der Waals surface area contributed by atoms with Gasteiger partial charge in [-0.3, -0.25) is 0 Å². The largest absolute Gasteiger partial charge is 0.494 e. The van der Waals surface area contributed by atoms with Crippen molar-refractivity contribution in [3.8, 4) is 0 Å². The molecule has 0 saturated carbocycles. The fourth-order valence-corrected chi connectivity index (χ4v) is 2.99. The van der Waals surface area contributed by atoms with Gasteiger partial charge in [0.15, 0.2) is 0 Å². The molecule has 20 heavy (non-hydrogen) atoms. The highest BCUT2D eigenvalue weighted by Gasteiger charge is 2.51. The molecule has 0 N–H and O–H groups in total. The number of hydrogen-bond acceptors (Lipinski definition) is 3. The highest BCUT2D eigenvalue weighted by atomic mass is 32.2. The van der Waals surface area contributed by atoms with Gasteiger partial charge in [0.1, 0.15) is 0 Å². The zero-order chi connectivity index (χ0) is 14.8. The number of benzene rings is 1. The Morgan fingerprint density at radius 1 is 1.10 bits per heavy atom. The molecule has 0 bridgehead atoms. The quantitative estimate of drug-likeness (QED) is 0.610. The standard InChI is InChI=1S/C16H25BO2S/c1-6-10-20-12-13-8-7-9-14(11-13)17-18-15(2,3)16(4,5)19-17/h7-9,11H,6,10,12H2,1-5H3. The average Bonchev–Trinajstić information content (AvgIpc) is 2.59. The van der Waals surface area contributed by atoms with Crippen molar-refractivity contribution >= 4 is 24.3 Å². The van der Waals surface area contributed by atoms with Crippen molar-refractivity contribution in [2.75, 3.05) is 5.75 Å². The number of hydrogen-bond donors (Lipinski definition) is 0. The second kappa shape index (κ2) is 6.12. The van der Waals surface area contributed by atoms with Crippen molar-refractivity contribution in [3.05, 3.63) is 29.8 Å². The minimum absolute atomic E-state index is 0.254. The summed E-state index contributed by atoms with van der Waals surface area (Å²) in [7, 11) is -0.254. The van der Waals surface area contributed by atoms with Crippen LogP contribution in [-0.2, 0) is 15.1 Å². The van der Waals surface area contributed by atoms with Crippen LogP contribution in [0.2, 0.25) is 0 Å². The van der Waals surface area contributed by atoms with Crippen molar-refractivity contribution in [1.82, 2.24) is 0 Å². The first kappa shape index (κ1) is 15.9. The van der Waals surface area contributed by atoms with Gasteiger partial charge in [-0.1, -0.05) is 31.2 Å². The van der Waals surface area contributed by atoms with E-state index >= 15 is 0 Å². The smallest absolute Gasteiger partial charge is 0.399 e. The fraction of sp³-hybridized carbons (Fsp3) is 0.625. The molecule has 0 amide bonds. The normalized spacial score (nSPS) is 20.4. The molecule has 0 unspecified atom stereocenters. The molecule has 1 aromatic rings. The van der Waals surface area contributed by atoms with E-state index in [1.165, 1.54) is 17.7 Å². The molecule has 1 fully saturated rings. The lowest BCUT2D eigenvalue weighted by Crippen LogP contribution is -2.41. The summed E-state index contributed by atoms with van der Waals surface area (Å²) in [5, 5.41) is 0. The van der Waals surface area contributed by atoms with E-state index < -0.39 is 0 Å². The van der Waals surface area contributed by atoms with Gasteiger partial charge in [-0.15, -0.1) is 0 Å². The lowest BCUT2D eigenvalue weighted by atomic mass is 9.78. The maximum atomic E-state index is 6.10. The Hall–Kier alpha value is -0.445. The van der Waals surface area contributed by atoms with Gasteiger partial charge in [-0.2, -0.15) is 11.8 Å². The molecule has 0 aromatic heterocycles. The van der Waals surface area contributed by atoms with Crippen molar-refractivity contribution in [2.24, 2.45) is 0 Å². The molecule has 0 atom stereocenters. The van der Waals surface area contributed by atoms with Crippen molar-refractivity contribution in [2.45, 2.75) is 58.0 Å². The van der Waals surface area contributed by atoms with Crippen LogP contribution in [0.25, 0.3) is 0 Å². The molecule has 110 valence electrons. The Kier molecular flexibility index (Phi) is 4.88. The first-order chi connectivity index (χ1) is 9.36. The van der Waals surface area contributed by atoms with Gasteiger partial charge in [-0.25, -0.2) is 0 Å². The molecule has 1 aliphatic rings. The van der Waals surface area contributed by atoms with E-state index in [-0.39, 0.29) is 18.3 Å². The van der Waals surface area contributed by atoms with Crippen molar-refractivity contribution in [3.63, 3.8) is 0 Å². The van der Waals surface area contributed by atoms with Crippen LogP contribution in [0.1, 0.15) is 46.6 Å². The predicted octanol–water partition coefficient (Wildman–Crippen LogP) is 3.63. The molecule has 1 saturated heterocycles. The van der Waals surface area contributed by atoms with E-state index in [0.717, 1.165) is 11.2 Å². The van der Waals surface area contributed by atoms with Crippen LogP contribution in [0, 0.1) is 0 Å². The summed E-state index contributed by atoms with van der Waals surface area (Å²) in [6.45, 7) is 10.6. The van der Waals surface area contributed by atoms with Crippen LogP contribution in [0.15, 0.2) is 24.3 Å². The van der Waals surface area contributed by atoms with E-state index in [2.05, 4.69) is 58.9 Å². The molecule has 0 spiro atoms. The molecule has 2 rings (SSSR count). The zero-order valence-corrected chi connectivity index (χ0v) is 14.0. The maximum absolute atomic E-state index is 6.10. The maximum Gasteiger partial charge on any atom is 0.494 e. The summed E-state index contributed by atoms with van der Waals surface area (Å²) in [4.78, 5) is 0. The van der Waals surface area contributed by atoms with Crippen LogP contribution < -0.4 is 5.46 Å². The van der Waals surface area contributed by atoms with Gasteiger partial charge in [0.2, 0.25) is 0 Å². The molecular weight excluding hydrogens is 267 g/mol. The molecular formula is C16H25BO2S. The highest BCUT2D eigenvalue weighted by molar-refractivity contribution is 7.98. The SMILES string of the molecule is CCCSCc1cccc(B2OC(C)(C)C(C)(C)O2)c1. The van der Waals surface area contributed by atoms with E-state index in [1.54, 1.807) is 0 Å². The van der Waals surface area contributed by atoms with Gasteiger partial charge in [-0.05, 0) is 50.9 Å². The number of rotatable bonds is 5. The summed E-state index contributed by atoms with van der Waals surface area (Å²) >= 11 is 1.98. The molecule has 0 radical (unpaired) electrons. The zero-order valence-electron chi connectivity index (χ0n) is 13.2. The van der Waals surface area contributed by atoms with E-state index in [4.69, 9.17) is 9.31 Å². The highest BCUT2D eigenvalue weighted by Crippen LogP contribution is 2.36. The van der Waals surface area contributed by atoms with Gasteiger partial charge in [0.05, 0.1) is 11.2 Å². The van der Waals surface area contributed by atoms with Crippen LogP contribution >= 0.6 is 11.8 Å². The third-order valence-corrected chi connectivity index (χ3v) is 5.33. The van der Waals surface area contributed by atoms with Crippen LogP contribution in [0.4, 0.5) is 0 Å². The Morgan fingerprint density at radius 3 is 2.35 bits per heavy atom. The topological polar surface area (TPSA) is 18.5 Å². The molecule has 1 aromatic carbocycles. The predicted molar refractivity (Wildman–Crippen MR) is 88.6 cm³/mol. The minimum Gasteiger partial charge on any atom is -0.399 e. The van der Waals surface area contributed by atoms with E-state index in [1.807, 2.05) is 11.8 Å². The fourth-order valence-electron chi connectivity index (χ4n) is 2.14. The summed E-state index contributed by atoms with van der Waals surface area (Å²) in [6.07, 6.45) is 1.22. The number of thioether (sulfide) groups is 1. The average molecular weight is 292 g/mol. The third-order valence-electron chi connectivity index (χ3n) is 4.09. The minimum atomic E-state index is -0.273. The summed E-state index contributed by atoms with van der Waals surface area (Å²) in [5.41, 5.74) is 1.92. The third kappa shape index (κ3) is 3.41. The monoisotopic (exact) mass is 292 g/mol. The van der Waals surface area contributed by atoms with Gasteiger partial charge < -0.3 is 9.31 Å². The molecule has 4 heteroatoms. The first-order valence-corrected chi connectivity index (χ1v) is 8.53. The summed E-state index contributed by atoms with van der Waals surface area (Å²) in [6, 6.07) is 8.58. The first-order valence-electron chi connectivity index (χ1n) is 7.38. The van der Waals surface area contributed by atoms with Crippen LogP contribution in [0.3, 0.4) is 0 Å². The molecule has 1 aliphatic heterocycles. The van der Waals surface area contributed by atoms with Crippen LogP contribution in [0.5, 0.6) is 0 Å². The second-order valence-corrected chi connectivity index (χ2v) is 7.49. The van der Waals surface area contributed by atoms with Crippen molar-refractivity contribution < 1.29 is 9.31 Å². The Morgan fingerprint density at radius 2 is 1.75 bits per heavy atom. The van der Waals surface area contributed by atoms with Crippen molar-refractivity contribution in [1.29, 1.82) is 0 Å².